The first-order chi connectivity index (χ1) is 4.06. The second-order valence-electron chi connectivity index (χ2n) is 1.59. The molecule has 0 radical (unpaired) electrons. The van der Waals surface area contributed by atoms with Gasteiger partial charge in [-0.05, 0) is 0 Å². The van der Waals surface area contributed by atoms with E-state index in [0.717, 1.165) is 0 Å². The molecule has 0 spiro atoms. The molecule has 0 heterocycles. The van der Waals surface area contributed by atoms with E-state index in [-0.39, 0.29) is 26.2 Å². The summed E-state index contributed by atoms with van der Waals surface area (Å²) >= 11 is 0.0700. The van der Waals surface area contributed by atoms with E-state index in [1.165, 1.54) is 0 Å². The molecular formula is C4H12AgN2O2. The Balaban J connectivity index is 0. The van der Waals surface area contributed by atoms with Crippen LogP contribution in [0.1, 0.15) is 13.8 Å². The van der Waals surface area contributed by atoms with Gasteiger partial charge in [0.2, 0.25) is 0 Å². The molecule has 5 N–H and O–H groups in total. The molecule has 0 aliphatic heterocycles. The van der Waals surface area contributed by atoms with Crippen LogP contribution in [0.2, 0.25) is 0 Å². The third-order valence-electron chi connectivity index (χ3n) is 0.494. The molecule has 0 saturated heterocycles. The second-order valence-corrected chi connectivity index (χ2v) is 2.09. The first-order valence-corrected chi connectivity index (χ1v) is 3.93. The van der Waals surface area contributed by atoms with E-state index in [0.29, 0.717) is 0 Å². The number of rotatable bonds is 1. The van der Waals surface area contributed by atoms with Crippen LogP contribution in [0.5, 0.6) is 0 Å². The molecule has 0 aliphatic rings. The van der Waals surface area contributed by atoms with E-state index in [9.17, 15) is 4.79 Å². The van der Waals surface area contributed by atoms with Crippen LogP contribution in [0.25, 0.3) is 0 Å². The maximum absolute atomic E-state index is 9.70. The molecule has 0 aliphatic carbocycles. The van der Waals surface area contributed by atoms with E-state index < -0.39 is 5.97 Å². The molecule has 0 aromatic rings. The number of carboxylic acid groups (broad SMARTS) is 1. The minimum atomic E-state index is -0.741. The Labute approximate surface area is 64.6 Å². The molecule has 0 aromatic heterocycles. The van der Waals surface area contributed by atoms with Crippen molar-refractivity contribution in [2.75, 3.05) is 0 Å². The molecule has 0 rings (SSSR count). The summed E-state index contributed by atoms with van der Waals surface area (Å²) in [5.41, 5.74) is 0. The van der Waals surface area contributed by atoms with Gasteiger partial charge in [-0.15, -0.1) is 0 Å². The number of carbonyl (C=O) groups is 1. The Hall–Kier alpha value is 0.130. The third kappa shape index (κ3) is 17.9. The number of carboxylic acids is 1. The van der Waals surface area contributed by atoms with Crippen LogP contribution in [0, 0.1) is 5.92 Å². The van der Waals surface area contributed by atoms with Gasteiger partial charge in [0.15, 0.2) is 0 Å². The van der Waals surface area contributed by atoms with Gasteiger partial charge in [-0.2, -0.15) is 0 Å². The van der Waals surface area contributed by atoms with Gasteiger partial charge in [0.25, 0.3) is 0 Å². The van der Waals surface area contributed by atoms with E-state index in [1.54, 1.807) is 13.8 Å². The molecule has 0 saturated carbocycles. The molecule has 9 heavy (non-hydrogen) atoms. The minimum absolute atomic E-state index is 0.0700. The number of hydrogen-bond donors (Lipinski definition) is 3. The fourth-order valence-electron chi connectivity index (χ4n) is 0. The molecule has 0 fully saturated rings. The summed E-state index contributed by atoms with van der Waals surface area (Å²) in [4.78, 5) is 9.70. The Morgan fingerprint density at radius 1 is 1.56 bits per heavy atom. The number of hydrogen-bond acceptors (Lipinski definition) is 3. The topological polar surface area (TPSA) is 89.3 Å². The first-order valence-electron chi connectivity index (χ1n) is 2.22. The van der Waals surface area contributed by atoms with Crippen molar-refractivity contribution in [3.63, 3.8) is 0 Å². The zero-order chi connectivity index (χ0) is 7.86. The predicted molar refractivity (Wildman–Crippen MR) is 30.8 cm³/mol. The molecule has 0 atom stereocenters. The summed E-state index contributed by atoms with van der Waals surface area (Å²) in [5.74, 6) is -0.972. The van der Waals surface area contributed by atoms with Crippen LogP contribution in [-0.2, 0) is 25.1 Å². The molecule has 0 amide bonds. The average Bonchev–Trinajstić information content (AvgIpc) is 1.68. The number of aliphatic carboxylic acids is 1. The zero-order valence-electron chi connectivity index (χ0n) is 5.39. The van der Waals surface area contributed by atoms with Crippen LogP contribution >= 0.6 is 0 Å². The van der Waals surface area contributed by atoms with Gasteiger partial charge in [0, 0.05) is 0 Å². The standard InChI is InChI=1S/C4H8O2.Ag.2H2N/c1-3(2)4(5)6;;;/h3H,1-2H3,(H,5,6);;2*1H2/q;+2;2*-1. The summed E-state index contributed by atoms with van der Waals surface area (Å²) in [6, 6.07) is 0. The fourth-order valence-corrected chi connectivity index (χ4v) is 0. The van der Waals surface area contributed by atoms with Crippen LogP contribution in [0.3, 0.4) is 0 Å². The van der Waals surface area contributed by atoms with Gasteiger partial charge in [0.1, 0.15) is 0 Å². The predicted octanol–water partition coefficient (Wildman–Crippen LogP) is -0.457. The molecular weight excluding hydrogens is 216 g/mol. The molecule has 5 heteroatoms. The Morgan fingerprint density at radius 2 is 1.67 bits per heavy atom. The van der Waals surface area contributed by atoms with Crippen molar-refractivity contribution < 1.29 is 30.2 Å². The van der Waals surface area contributed by atoms with Crippen molar-refractivity contribution >= 4 is 5.97 Å². The van der Waals surface area contributed by atoms with Crippen molar-refractivity contribution in [3.8, 4) is 0 Å². The average molecular weight is 228 g/mol. The van der Waals surface area contributed by atoms with Crippen molar-refractivity contribution in [1.29, 1.82) is 0 Å². The molecule has 0 bridgehead atoms. The SMILES string of the molecule is CC(C)C(=O)O.[NH2][Ag][NH2]. The molecule has 0 aromatic carbocycles. The van der Waals surface area contributed by atoms with Gasteiger partial charge in [-0.3, -0.25) is 4.79 Å². The van der Waals surface area contributed by atoms with E-state index >= 15 is 0 Å². The summed E-state index contributed by atoms with van der Waals surface area (Å²) in [6.45, 7) is 3.28. The zero-order valence-corrected chi connectivity index (χ0v) is 6.87. The van der Waals surface area contributed by atoms with Crippen molar-refractivity contribution in [2.45, 2.75) is 13.8 Å². The number of nitrogens with two attached hydrogens (primary N) is 2. The molecule has 0 unspecified atom stereocenters. The third-order valence-corrected chi connectivity index (χ3v) is 0.494. The molecule has 61 valence electrons. The Kier molecular flexibility index (Phi) is 10.7. The van der Waals surface area contributed by atoms with Crippen molar-refractivity contribution in [1.82, 2.24) is 0 Å². The summed E-state index contributed by atoms with van der Waals surface area (Å²) in [7, 11) is 0. The van der Waals surface area contributed by atoms with Gasteiger partial charge in [0.05, 0.1) is 5.92 Å². The summed E-state index contributed by atoms with van der Waals surface area (Å²) < 4.78 is 9.31. The molecule has 4 nitrogen and oxygen atoms in total. The summed E-state index contributed by atoms with van der Waals surface area (Å²) in [6.07, 6.45) is 0. The van der Waals surface area contributed by atoms with Crippen molar-refractivity contribution in [2.24, 2.45) is 14.2 Å². The quantitative estimate of drug-likeness (QED) is 0.530. The monoisotopic (exact) mass is 227 g/mol. The van der Waals surface area contributed by atoms with Crippen LogP contribution < -0.4 is 8.27 Å². The Bertz CT molecular complexity index is 77.0. The van der Waals surface area contributed by atoms with Crippen LogP contribution in [0.15, 0.2) is 0 Å². The van der Waals surface area contributed by atoms with Gasteiger partial charge < -0.3 is 5.11 Å². The van der Waals surface area contributed by atoms with Crippen molar-refractivity contribution in [3.05, 3.63) is 0 Å². The normalized spacial score (nSPS) is 8.56. The second kappa shape index (κ2) is 8.13. The maximum atomic E-state index is 9.70. The summed E-state index contributed by atoms with van der Waals surface area (Å²) in [5, 5.41) is 7.99. The van der Waals surface area contributed by atoms with Gasteiger partial charge >= 0.3 is 34.5 Å². The van der Waals surface area contributed by atoms with E-state index in [2.05, 4.69) is 8.27 Å². The van der Waals surface area contributed by atoms with Crippen LogP contribution in [-0.4, -0.2) is 11.1 Å². The first kappa shape index (κ1) is 11.9. The Morgan fingerprint density at radius 3 is 1.67 bits per heavy atom. The van der Waals surface area contributed by atoms with Gasteiger partial charge in [-0.1, -0.05) is 13.8 Å². The van der Waals surface area contributed by atoms with Gasteiger partial charge in [-0.25, -0.2) is 0 Å². The van der Waals surface area contributed by atoms with E-state index in [1.807, 2.05) is 0 Å². The fraction of sp³-hybridized carbons (Fsp3) is 0.750. The van der Waals surface area contributed by atoms with E-state index in [4.69, 9.17) is 5.11 Å². The van der Waals surface area contributed by atoms with Crippen LogP contribution in [0.4, 0.5) is 0 Å².